The quantitative estimate of drug-likeness (QED) is 0.0975. The Balaban J connectivity index is 2.81. The van der Waals surface area contributed by atoms with Crippen LogP contribution in [0.25, 0.3) is 4.85 Å². The number of ether oxygens (including phenoxy) is 1. The Bertz CT molecular complexity index is 1360. The number of carbonyl (C=O) groups excluding carboxylic acids is 7. The molecule has 2 amide bonds. The second-order valence-corrected chi connectivity index (χ2v) is 12.4. The van der Waals surface area contributed by atoms with Gasteiger partial charge in [0, 0.05) is 72.5 Å². The third-order valence-corrected chi connectivity index (χ3v) is 8.03. The van der Waals surface area contributed by atoms with Crippen LogP contribution >= 0.6 is 7.82 Å². The number of carbonyl (C=O) groups is 7. The molecule has 258 valence electrons. The lowest BCUT2D eigenvalue weighted by molar-refractivity contribution is -0.148. The molecule has 16 heteroatoms. The van der Waals surface area contributed by atoms with Gasteiger partial charge in [-0.1, -0.05) is 12.1 Å². The van der Waals surface area contributed by atoms with Gasteiger partial charge in [-0.05, 0) is 31.5 Å². The average Bonchev–Trinajstić information content (AvgIpc) is 3.05. The molecule has 0 spiro atoms. The summed E-state index contributed by atoms with van der Waals surface area (Å²) in [6.45, 7) is 10.8. The molecule has 0 heterocycles. The summed E-state index contributed by atoms with van der Waals surface area (Å²) in [4.78, 5) is 88.1. The van der Waals surface area contributed by atoms with Crippen LogP contribution in [0.3, 0.4) is 0 Å². The smallest absolute Gasteiger partial charge is 0.464 e. The molecule has 0 fully saturated rings. The Morgan fingerprint density at radius 3 is 1.79 bits per heavy atom. The normalized spacial score (nSPS) is 12.9. The molecule has 1 aromatic rings. The van der Waals surface area contributed by atoms with Crippen LogP contribution in [0, 0.1) is 6.57 Å². The standard InChI is InChI=1S/C31H42N3O12P/c1-20(35)7-10-24(36)11-12-25(37)13-14-26(38)17-18-45-31(41)28(34-30(40)22(3)33-29(39)21(2)32-4)19-23-8-15-27(16-9-23)46-47(42,43-5)44-6/h8-9,15-16,21-22,28H,7,10-14,17-19H2,1-3,5-6H3,(H,33,39)(H,34,40)/t21-,22-,28?/m1/s1. The van der Waals surface area contributed by atoms with Crippen molar-refractivity contribution >= 4 is 48.7 Å². The van der Waals surface area contributed by atoms with E-state index in [1.54, 1.807) is 0 Å². The highest BCUT2D eigenvalue weighted by Gasteiger charge is 2.29. The Morgan fingerprint density at radius 2 is 1.30 bits per heavy atom. The molecule has 15 nitrogen and oxygen atoms in total. The first-order valence-corrected chi connectivity index (χ1v) is 16.3. The third-order valence-electron chi connectivity index (χ3n) is 6.70. The molecule has 1 rings (SSSR count). The number of amides is 2. The van der Waals surface area contributed by atoms with Gasteiger partial charge in [0.05, 0.1) is 6.61 Å². The van der Waals surface area contributed by atoms with E-state index in [1.807, 2.05) is 0 Å². The highest BCUT2D eigenvalue weighted by atomic mass is 31.2. The molecule has 0 aliphatic rings. The van der Waals surface area contributed by atoms with Crippen molar-refractivity contribution in [3.8, 4) is 5.75 Å². The lowest BCUT2D eigenvalue weighted by atomic mass is 10.0. The van der Waals surface area contributed by atoms with Gasteiger partial charge in [-0.3, -0.25) is 33.0 Å². The molecule has 3 atom stereocenters. The van der Waals surface area contributed by atoms with Gasteiger partial charge in [0.2, 0.25) is 5.91 Å². The zero-order chi connectivity index (χ0) is 35.6. The first-order valence-electron chi connectivity index (χ1n) is 14.8. The third kappa shape index (κ3) is 16.2. The Labute approximate surface area is 273 Å². The van der Waals surface area contributed by atoms with Gasteiger partial charge in [-0.15, -0.1) is 0 Å². The van der Waals surface area contributed by atoms with Crippen LogP contribution in [0.5, 0.6) is 5.75 Å². The second-order valence-electron chi connectivity index (χ2n) is 10.6. The van der Waals surface area contributed by atoms with E-state index in [4.69, 9.17) is 24.9 Å². The number of Topliss-reactive ketones (excluding diaryl/α,β-unsaturated/α-hetero) is 4. The second kappa shape index (κ2) is 20.8. The lowest BCUT2D eigenvalue weighted by Crippen LogP contribution is -2.52. The highest BCUT2D eigenvalue weighted by Crippen LogP contribution is 2.47. The van der Waals surface area contributed by atoms with Crippen molar-refractivity contribution in [3.63, 3.8) is 0 Å². The summed E-state index contributed by atoms with van der Waals surface area (Å²) in [5.74, 6) is -3.06. The van der Waals surface area contributed by atoms with Crippen molar-refractivity contribution < 1.29 is 56.4 Å². The summed E-state index contributed by atoms with van der Waals surface area (Å²) in [6, 6.07) is 2.59. The van der Waals surface area contributed by atoms with Crippen molar-refractivity contribution in [2.45, 2.75) is 90.3 Å². The molecule has 0 aromatic heterocycles. The molecule has 0 bridgehead atoms. The molecule has 2 N–H and O–H groups in total. The summed E-state index contributed by atoms with van der Waals surface area (Å²) in [5.41, 5.74) is 0.525. The van der Waals surface area contributed by atoms with Crippen molar-refractivity contribution in [2.24, 2.45) is 0 Å². The van der Waals surface area contributed by atoms with E-state index in [0.717, 1.165) is 14.2 Å². The SMILES string of the molecule is [C-]#[N+][C@H](C)C(=O)N[C@H](C)C(=O)NC(Cc1ccc(OP(=O)(OC)OC)cc1)C(=O)OCCC(=O)CCC(=O)CCC(=O)CCC(C)=O. The van der Waals surface area contributed by atoms with E-state index < -0.39 is 43.7 Å². The number of nitrogens with zero attached hydrogens (tertiary/aromatic N) is 1. The highest BCUT2D eigenvalue weighted by molar-refractivity contribution is 7.48. The first kappa shape index (κ1) is 40.8. The minimum Gasteiger partial charge on any atom is -0.464 e. The Kier molecular flexibility index (Phi) is 18.0. The van der Waals surface area contributed by atoms with Crippen molar-refractivity contribution in [1.29, 1.82) is 0 Å². The maximum atomic E-state index is 13.0. The van der Waals surface area contributed by atoms with Crippen LogP contribution in [0.2, 0.25) is 0 Å². The van der Waals surface area contributed by atoms with Crippen LogP contribution in [-0.4, -0.2) is 79.9 Å². The molecule has 0 radical (unpaired) electrons. The van der Waals surface area contributed by atoms with Gasteiger partial charge in [0.25, 0.3) is 6.04 Å². The van der Waals surface area contributed by atoms with Crippen molar-refractivity contribution in [3.05, 3.63) is 41.2 Å². The molecular formula is C31H42N3O12P. The van der Waals surface area contributed by atoms with Crippen LogP contribution in [0.4, 0.5) is 0 Å². The maximum Gasteiger partial charge on any atom is 0.529 e. The predicted octanol–water partition coefficient (Wildman–Crippen LogP) is 2.88. The Morgan fingerprint density at radius 1 is 0.787 bits per heavy atom. The van der Waals surface area contributed by atoms with Gasteiger partial charge in [0.1, 0.15) is 41.0 Å². The topological polar surface area (TPSA) is 202 Å². The minimum absolute atomic E-state index is 0.00275. The number of esters is 1. The predicted molar refractivity (Wildman–Crippen MR) is 167 cm³/mol. The van der Waals surface area contributed by atoms with E-state index in [-0.39, 0.29) is 86.9 Å². The van der Waals surface area contributed by atoms with Crippen molar-refractivity contribution in [1.82, 2.24) is 10.6 Å². The number of rotatable bonds is 23. The van der Waals surface area contributed by atoms with E-state index in [0.29, 0.717) is 5.56 Å². The number of hydrogen-bond donors (Lipinski definition) is 2. The fourth-order valence-corrected chi connectivity index (χ4v) is 4.44. The Hall–Kier alpha value is -4.25. The molecule has 0 saturated heterocycles. The van der Waals surface area contributed by atoms with Gasteiger partial charge < -0.3 is 29.5 Å². The number of benzene rings is 1. The van der Waals surface area contributed by atoms with Crippen LogP contribution in [-0.2, 0) is 58.3 Å². The van der Waals surface area contributed by atoms with Crippen molar-refractivity contribution in [2.75, 3.05) is 20.8 Å². The zero-order valence-electron chi connectivity index (χ0n) is 27.2. The van der Waals surface area contributed by atoms with Gasteiger partial charge >= 0.3 is 19.7 Å². The number of phosphoric ester groups is 1. The van der Waals surface area contributed by atoms with E-state index in [9.17, 15) is 38.1 Å². The molecule has 0 aliphatic carbocycles. The van der Waals surface area contributed by atoms with Gasteiger partial charge in [-0.2, -0.15) is 0 Å². The van der Waals surface area contributed by atoms with E-state index >= 15 is 0 Å². The number of phosphoric acid groups is 1. The molecule has 47 heavy (non-hydrogen) atoms. The summed E-state index contributed by atoms with van der Waals surface area (Å²) in [6.07, 6.45) is -0.273. The molecule has 1 aromatic carbocycles. The van der Waals surface area contributed by atoms with Crippen LogP contribution in [0.1, 0.15) is 71.3 Å². The zero-order valence-corrected chi connectivity index (χ0v) is 28.1. The minimum atomic E-state index is -3.81. The molecule has 1 unspecified atom stereocenters. The molecular weight excluding hydrogens is 637 g/mol. The largest absolute Gasteiger partial charge is 0.529 e. The van der Waals surface area contributed by atoms with Crippen LogP contribution in [0.15, 0.2) is 24.3 Å². The first-order chi connectivity index (χ1) is 22.1. The fraction of sp³-hybridized carbons (Fsp3) is 0.548. The summed E-state index contributed by atoms with van der Waals surface area (Å²) < 4.78 is 32.2. The van der Waals surface area contributed by atoms with Gasteiger partial charge in [-0.25, -0.2) is 15.9 Å². The molecule has 0 saturated carbocycles. The average molecular weight is 680 g/mol. The molecule has 0 aliphatic heterocycles. The summed E-state index contributed by atoms with van der Waals surface area (Å²) in [7, 11) is -1.50. The number of ketones is 4. The fourth-order valence-electron chi connectivity index (χ4n) is 3.76. The lowest BCUT2D eigenvalue weighted by Gasteiger charge is -2.21. The summed E-state index contributed by atoms with van der Waals surface area (Å²) >= 11 is 0. The van der Waals surface area contributed by atoms with E-state index in [2.05, 4.69) is 15.5 Å². The van der Waals surface area contributed by atoms with Gasteiger partial charge in [0.15, 0.2) is 0 Å². The number of nitrogens with one attached hydrogen (secondary N) is 2. The number of hydrogen-bond acceptors (Lipinski definition) is 12. The summed E-state index contributed by atoms with van der Waals surface area (Å²) in [5, 5.41) is 4.92. The van der Waals surface area contributed by atoms with Crippen LogP contribution < -0.4 is 15.2 Å². The maximum absolute atomic E-state index is 13.0. The monoisotopic (exact) mass is 679 g/mol. The van der Waals surface area contributed by atoms with E-state index in [1.165, 1.54) is 45.0 Å².